The van der Waals surface area contributed by atoms with Gasteiger partial charge in [0.1, 0.15) is 12.4 Å². The molecule has 0 unspecified atom stereocenters. The molecule has 148 valence electrons. The van der Waals surface area contributed by atoms with Crippen LogP contribution in [0.3, 0.4) is 0 Å². The number of nitrogens with zero attached hydrogens (tertiary/aromatic N) is 2. The minimum atomic E-state index is -0.132. The van der Waals surface area contributed by atoms with Crippen molar-refractivity contribution >= 4 is 11.9 Å². The number of furan rings is 1. The predicted molar refractivity (Wildman–Crippen MR) is 104 cm³/mol. The Morgan fingerprint density at radius 2 is 1.82 bits per heavy atom. The number of ether oxygens (including phenoxy) is 1. The highest BCUT2D eigenvalue weighted by molar-refractivity contribution is 5.91. The molecule has 1 aromatic carbocycles. The van der Waals surface area contributed by atoms with Crippen molar-refractivity contribution in [2.75, 3.05) is 39.3 Å². The van der Waals surface area contributed by atoms with Crippen LogP contribution in [0.4, 0.5) is 4.79 Å². The maximum atomic E-state index is 12.3. The summed E-state index contributed by atoms with van der Waals surface area (Å²) >= 11 is 0. The first-order valence-electron chi connectivity index (χ1n) is 9.81. The highest BCUT2D eigenvalue weighted by atomic mass is 16.5. The van der Waals surface area contributed by atoms with Crippen molar-refractivity contribution in [1.82, 2.24) is 15.1 Å². The number of carbonyl (C=O) groups excluding carboxylic acids is 2. The van der Waals surface area contributed by atoms with Crippen LogP contribution in [0.15, 0.2) is 41.0 Å². The molecule has 1 aromatic heterocycles. The largest absolute Gasteiger partial charge is 0.492 e. The summed E-state index contributed by atoms with van der Waals surface area (Å²) in [5.41, 5.74) is 2.80. The molecule has 1 aliphatic carbocycles. The van der Waals surface area contributed by atoms with Crippen molar-refractivity contribution in [2.45, 2.75) is 19.3 Å². The molecule has 0 atom stereocenters. The number of hydrogen-bond donors (Lipinski definition) is 1. The first kappa shape index (κ1) is 18.4. The Bertz CT molecular complexity index is 826. The van der Waals surface area contributed by atoms with E-state index in [9.17, 15) is 9.59 Å². The van der Waals surface area contributed by atoms with E-state index >= 15 is 0 Å². The number of rotatable bonds is 5. The number of aryl methyl sites for hydroxylation is 2. The van der Waals surface area contributed by atoms with Crippen LogP contribution >= 0.6 is 0 Å². The van der Waals surface area contributed by atoms with Gasteiger partial charge in [0.25, 0.3) is 5.91 Å². The van der Waals surface area contributed by atoms with E-state index in [0.717, 1.165) is 18.6 Å². The van der Waals surface area contributed by atoms with E-state index in [1.54, 1.807) is 21.9 Å². The van der Waals surface area contributed by atoms with Crippen molar-refractivity contribution in [3.8, 4) is 5.75 Å². The van der Waals surface area contributed by atoms with Gasteiger partial charge in [-0.3, -0.25) is 4.79 Å². The summed E-state index contributed by atoms with van der Waals surface area (Å²) in [5, 5.41) is 2.89. The molecule has 1 N–H and O–H groups in total. The Morgan fingerprint density at radius 3 is 2.61 bits per heavy atom. The van der Waals surface area contributed by atoms with E-state index in [0.29, 0.717) is 45.1 Å². The minimum Gasteiger partial charge on any atom is -0.492 e. The molecule has 1 fully saturated rings. The Labute approximate surface area is 164 Å². The standard InChI is InChI=1S/C21H25N3O4/c25-20(19-5-2-13-28-19)23-9-11-24(12-10-23)21(26)22-8-14-27-18-7-6-16-3-1-4-17(16)15-18/h2,5-7,13,15H,1,3-4,8-12,14H2,(H,22,26). The third kappa shape index (κ3) is 4.13. The minimum absolute atomic E-state index is 0.123. The molecule has 3 amide bonds. The van der Waals surface area contributed by atoms with Gasteiger partial charge in [-0.25, -0.2) is 4.79 Å². The summed E-state index contributed by atoms with van der Waals surface area (Å²) in [6, 6.07) is 9.48. The molecule has 1 aliphatic heterocycles. The molecule has 2 aromatic rings. The monoisotopic (exact) mass is 383 g/mol. The molecule has 28 heavy (non-hydrogen) atoms. The fourth-order valence-corrected chi connectivity index (χ4v) is 3.75. The fourth-order valence-electron chi connectivity index (χ4n) is 3.75. The van der Waals surface area contributed by atoms with Gasteiger partial charge in [0.15, 0.2) is 5.76 Å². The molecule has 1 saturated heterocycles. The summed E-state index contributed by atoms with van der Waals surface area (Å²) in [6.07, 6.45) is 4.99. The average molecular weight is 383 g/mol. The van der Waals surface area contributed by atoms with E-state index < -0.39 is 0 Å². The van der Waals surface area contributed by atoms with Crippen molar-refractivity contribution in [3.05, 3.63) is 53.5 Å². The van der Waals surface area contributed by atoms with E-state index in [2.05, 4.69) is 17.4 Å². The smallest absolute Gasteiger partial charge is 0.317 e. The molecule has 0 saturated carbocycles. The van der Waals surface area contributed by atoms with E-state index in [1.165, 1.54) is 23.8 Å². The highest BCUT2D eigenvalue weighted by Crippen LogP contribution is 2.25. The number of fused-ring (bicyclic) bond motifs is 1. The zero-order valence-electron chi connectivity index (χ0n) is 15.9. The van der Waals surface area contributed by atoms with Gasteiger partial charge >= 0.3 is 6.03 Å². The lowest BCUT2D eigenvalue weighted by molar-refractivity contribution is 0.0634. The maximum absolute atomic E-state index is 12.3. The first-order valence-corrected chi connectivity index (χ1v) is 9.81. The quantitative estimate of drug-likeness (QED) is 0.804. The normalized spacial score (nSPS) is 16.0. The lowest BCUT2D eigenvalue weighted by atomic mass is 10.1. The summed E-state index contributed by atoms with van der Waals surface area (Å²) < 4.78 is 10.9. The summed E-state index contributed by atoms with van der Waals surface area (Å²) in [6.45, 7) is 2.88. The van der Waals surface area contributed by atoms with Gasteiger partial charge < -0.3 is 24.3 Å². The predicted octanol–water partition coefficient (Wildman–Crippen LogP) is 2.31. The van der Waals surface area contributed by atoms with Crippen LogP contribution in [0.2, 0.25) is 0 Å². The SMILES string of the molecule is O=C(NCCOc1ccc2c(c1)CCC2)N1CCN(C(=O)c2ccco2)CC1. The fraction of sp³-hybridized carbons (Fsp3) is 0.429. The number of hydrogen-bond acceptors (Lipinski definition) is 4. The molecule has 0 radical (unpaired) electrons. The van der Waals surface area contributed by atoms with Gasteiger partial charge in [0.2, 0.25) is 0 Å². The average Bonchev–Trinajstić information content (AvgIpc) is 3.42. The molecule has 7 nitrogen and oxygen atoms in total. The Hall–Kier alpha value is -2.96. The molecule has 0 spiro atoms. The summed E-state index contributed by atoms with van der Waals surface area (Å²) in [4.78, 5) is 28.0. The molecular formula is C21H25N3O4. The second-order valence-corrected chi connectivity index (χ2v) is 7.12. The highest BCUT2D eigenvalue weighted by Gasteiger charge is 2.25. The molecule has 4 rings (SSSR count). The number of amides is 3. The van der Waals surface area contributed by atoms with Crippen LogP contribution in [0.25, 0.3) is 0 Å². The first-order chi connectivity index (χ1) is 13.7. The van der Waals surface area contributed by atoms with Crippen molar-refractivity contribution in [3.63, 3.8) is 0 Å². The topological polar surface area (TPSA) is 75.0 Å². The van der Waals surface area contributed by atoms with E-state index in [1.807, 2.05) is 6.07 Å². The van der Waals surface area contributed by atoms with Crippen LogP contribution in [-0.2, 0) is 12.8 Å². The lowest BCUT2D eigenvalue weighted by Gasteiger charge is -2.34. The zero-order valence-corrected chi connectivity index (χ0v) is 15.9. The van der Waals surface area contributed by atoms with Crippen LogP contribution in [-0.4, -0.2) is 61.1 Å². The Morgan fingerprint density at radius 1 is 1.04 bits per heavy atom. The number of piperazine rings is 1. The van der Waals surface area contributed by atoms with Crippen molar-refractivity contribution in [1.29, 1.82) is 0 Å². The Balaban J connectivity index is 1.16. The zero-order chi connectivity index (χ0) is 19.3. The maximum Gasteiger partial charge on any atom is 0.317 e. The third-order valence-electron chi connectivity index (χ3n) is 5.30. The van der Waals surface area contributed by atoms with Crippen molar-refractivity contribution < 1.29 is 18.7 Å². The second kappa shape index (κ2) is 8.37. The summed E-state index contributed by atoms with van der Waals surface area (Å²) in [5.74, 6) is 1.06. The van der Waals surface area contributed by atoms with Gasteiger partial charge in [-0.2, -0.15) is 0 Å². The van der Waals surface area contributed by atoms with Crippen LogP contribution in [0.1, 0.15) is 28.1 Å². The van der Waals surface area contributed by atoms with Gasteiger partial charge in [0, 0.05) is 26.2 Å². The van der Waals surface area contributed by atoms with Crippen LogP contribution in [0, 0.1) is 0 Å². The molecule has 2 aliphatic rings. The number of urea groups is 1. The van der Waals surface area contributed by atoms with Gasteiger partial charge in [-0.1, -0.05) is 6.07 Å². The molecular weight excluding hydrogens is 358 g/mol. The Kier molecular flexibility index (Phi) is 5.50. The molecule has 0 bridgehead atoms. The second-order valence-electron chi connectivity index (χ2n) is 7.12. The number of nitrogens with one attached hydrogen (secondary N) is 1. The third-order valence-corrected chi connectivity index (χ3v) is 5.30. The molecule has 7 heteroatoms. The van der Waals surface area contributed by atoms with E-state index in [4.69, 9.17) is 9.15 Å². The van der Waals surface area contributed by atoms with Gasteiger partial charge in [-0.05, 0) is 54.7 Å². The van der Waals surface area contributed by atoms with Gasteiger partial charge in [-0.15, -0.1) is 0 Å². The van der Waals surface area contributed by atoms with Gasteiger partial charge in [0.05, 0.1) is 12.8 Å². The molecule has 2 heterocycles. The van der Waals surface area contributed by atoms with Crippen LogP contribution in [0.5, 0.6) is 5.75 Å². The number of benzene rings is 1. The van der Waals surface area contributed by atoms with Crippen molar-refractivity contribution in [2.24, 2.45) is 0 Å². The van der Waals surface area contributed by atoms with Crippen LogP contribution < -0.4 is 10.1 Å². The number of carbonyl (C=O) groups is 2. The lowest BCUT2D eigenvalue weighted by Crippen LogP contribution is -2.53. The van der Waals surface area contributed by atoms with E-state index in [-0.39, 0.29) is 11.9 Å². The summed E-state index contributed by atoms with van der Waals surface area (Å²) in [7, 11) is 0.